The Labute approximate surface area is 634 Å². The van der Waals surface area contributed by atoms with Crippen LogP contribution in [0.15, 0.2) is 218 Å². The van der Waals surface area contributed by atoms with Crippen molar-refractivity contribution < 1.29 is 75.8 Å². The van der Waals surface area contributed by atoms with Crippen LogP contribution in [0.25, 0.3) is 22.3 Å². The van der Waals surface area contributed by atoms with Gasteiger partial charge in [-0.25, -0.2) is 0 Å². The lowest BCUT2D eigenvalue weighted by molar-refractivity contribution is 0.355. The van der Waals surface area contributed by atoms with Crippen molar-refractivity contribution in [3.63, 3.8) is 0 Å². The quantitative estimate of drug-likeness (QED) is 0.0455. The number of anilines is 12. The number of methoxy groups -OCH3 is 16. The predicted molar refractivity (Wildman–Crippen MR) is 426 cm³/mol. The molecule has 0 fully saturated rings. The fourth-order valence-corrected chi connectivity index (χ4v) is 15.2. The summed E-state index contributed by atoms with van der Waals surface area (Å²) >= 11 is 0. The lowest BCUT2D eigenvalue weighted by atomic mass is 9.70. The molecule has 0 atom stereocenters. The summed E-state index contributed by atoms with van der Waals surface area (Å²) in [6, 6.07) is 74.1. The summed E-state index contributed by atoms with van der Waals surface area (Å²) in [7, 11) is 26.1. The van der Waals surface area contributed by atoms with Gasteiger partial charge in [-0.1, -0.05) is 24.3 Å². The largest absolute Gasteiger partial charge is 0.493 e. The highest BCUT2D eigenvalue weighted by atomic mass is 16.5. The minimum Gasteiger partial charge on any atom is -0.493 e. The molecule has 556 valence electrons. The van der Waals surface area contributed by atoms with Gasteiger partial charge in [-0.3, -0.25) is 0 Å². The topological polar surface area (TPSA) is 161 Å². The summed E-state index contributed by atoms with van der Waals surface area (Å²) in [5, 5.41) is 0. The maximum atomic E-state index is 6.09. The van der Waals surface area contributed by atoms with E-state index in [1.807, 2.05) is 146 Å². The van der Waals surface area contributed by atoms with Gasteiger partial charge in [0.05, 0.1) is 165 Å². The second kappa shape index (κ2) is 30.6. The summed E-state index contributed by atoms with van der Waals surface area (Å²) in [4.78, 5) is 8.77. The average molecular weight is 1470 g/mol. The Morgan fingerprint density at radius 3 is 0.394 bits per heavy atom. The van der Waals surface area contributed by atoms with E-state index in [-0.39, 0.29) is 0 Å². The third-order valence-electron chi connectivity index (χ3n) is 20.2. The highest BCUT2D eigenvalue weighted by molar-refractivity contribution is 6.00. The summed E-state index contributed by atoms with van der Waals surface area (Å²) in [5.41, 5.74) is 15.7. The van der Waals surface area contributed by atoms with E-state index < -0.39 is 5.41 Å². The van der Waals surface area contributed by atoms with Gasteiger partial charge in [0.1, 0.15) is 0 Å². The summed E-state index contributed by atoms with van der Waals surface area (Å²) in [6.45, 7) is 0. The molecule has 2 aliphatic rings. The van der Waals surface area contributed by atoms with E-state index >= 15 is 0 Å². The molecular formula is C89H84N4O16. The van der Waals surface area contributed by atoms with Gasteiger partial charge in [0.25, 0.3) is 0 Å². The van der Waals surface area contributed by atoms with Crippen molar-refractivity contribution in [2.45, 2.75) is 5.41 Å². The Kier molecular flexibility index (Phi) is 20.4. The van der Waals surface area contributed by atoms with Gasteiger partial charge >= 0.3 is 0 Å². The molecule has 0 unspecified atom stereocenters. The first-order valence-corrected chi connectivity index (χ1v) is 34.8. The van der Waals surface area contributed by atoms with Crippen molar-refractivity contribution in [2.24, 2.45) is 0 Å². The van der Waals surface area contributed by atoms with Gasteiger partial charge in [-0.05, 0) is 190 Å². The first-order chi connectivity index (χ1) is 53.3. The summed E-state index contributed by atoms with van der Waals surface area (Å²) in [6.07, 6.45) is 0. The monoisotopic (exact) mass is 1460 g/mol. The SMILES string of the molecule is COc1ccc(N(c2ccc(OC)c(OC)c2)c2ccc3c(c2)C2(c4cc(N(c5ccc(OC)c(OC)c5)c5ccc(OC)c(OC)c5)ccc4-3)c3cc(N(c4ccc(OC)c(OC)c4)c4ccc(OC)c(OC)c4)ccc3-c3ccc(N(c4ccc(OC)c(OC)c4)c4ccc(OC)c(OC)c4)cc32)cc1OC. The van der Waals surface area contributed by atoms with Gasteiger partial charge in [-0.2, -0.15) is 0 Å². The second-order valence-corrected chi connectivity index (χ2v) is 25.3. The molecule has 0 aliphatic heterocycles. The zero-order valence-electron chi connectivity index (χ0n) is 63.6. The number of hydrogen-bond donors (Lipinski definition) is 0. The van der Waals surface area contributed by atoms with Crippen LogP contribution < -0.4 is 95.4 Å². The number of benzene rings is 12. The fourth-order valence-electron chi connectivity index (χ4n) is 15.2. The molecule has 14 rings (SSSR count). The standard InChI is InChI=1S/C89H84N4O16/c1-94-73-33-21-57(45-81(73)102-9)90(58-22-34-74(95-2)82(46-58)103-10)53-17-29-65-66-30-18-54(91(59-23-35-75(96-3)83(47-59)104-11)60-24-36-76(97-4)84(48-60)105-12)42-70(66)89(69(65)41-53)71-43-55(92(61-25-37-77(98-5)85(49-61)106-13)62-26-38-78(99-6)86(50-62)107-14)19-31-67(71)68-32-20-56(44-72(68)89)93(63-27-39-79(100-7)87(51-63)108-15)64-28-40-80(101-8)88(52-64)109-16/h17-52H,1-16H3. The summed E-state index contributed by atoms with van der Waals surface area (Å²) < 4.78 is 95.9. The van der Waals surface area contributed by atoms with Crippen molar-refractivity contribution in [1.29, 1.82) is 0 Å². The van der Waals surface area contributed by atoms with E-state index in [0.29, 0.717) is 92.0 Å². The predicted octanol–water partition coefficient (Wildman–Crippen LogP) is 20.0. The molecule has 0 saturated carbocycles. The zero-order valence-corrected chi connectivity index (χ0v) is 63.6. The Hall–Kier alpha value is -13.4. The third-order valence-corrected chi connectivity index (χ3v) is 20.2. The van der Waals surface area contributed by atoms with Crippen LogP contribution in [0, 0.1) is 0 Å². The van der Waals surface area contributed by atoms with Crippen molar-refractivity contribution in [1.82, 2.24) is 0 Å². The van der Waals surface area contributed by atoms with Gasteiger partial charge in [0.15, 0.2) is 92.0 Å². The van der Waals surface area contributed by atoms with Crippen molar-refractivity contribution >= 4 is 68.2 Å². The van der Waals surface area contributed by atoms with Crippen LogP contribution >= 0.6 is 0 Å². The molecule has 0 amide bonds. The normalized spacial score (nSPS) is 11.7. The molecule has 109 heavy (non-hydrogen) atoms. The first kappa shape index (κ1) is 72.6. The molecule has 0 aromatic heterocycles. The molecule has 20 nitrogen and oxygen atoms in total. The Morgan fingerprint density at radius 1 is 0.147 bits per heavy atom. The van der Waals surface area contributed by atoms with Crippen LogP contribution in [0.2, 0.25) is 0 Å². The number of nitrogens with zero attached hydrogens (tertiary/aromatic N) is 4. The number of fused-ring (bicyclic) bond motifs is 10. The van der Waals surface area contributed by atoms with Crippen molar-refractivity contribution in [2.75, 3.05) is 133 Å². The Bertz CT molecular complexity index is 4530. The second-order valence-electron chi connectivity index (χ2n) is 25.3. The van der Waals surface area contributed by atoms with Crippen LogP contribution in [-0.2, 0) is 5.41 Å². The molecule has 0 bridgehead atoms. The first-order valence-electron chi connectivity index (χ1n) is 34.8. The fraction of sp³-hybridized carbons (Fsp3) is 0.191. The Balaban J connectivity index is 1.15. The van der Waals surface area contributed by atoms with E-state index in [1.165, 1.54) is 0 Å². The van der Waals surface area contributed by atoms with Crippen LogP contribution in [0.5, 0.6) is 92.0 Å². The van der Waals surface area contributed by atoms with E-state index in [4.69, 9.17) is 75.8 Å². The number of hydrogen-bond acceptors (Lipinski definition) is 20. The van der Waals surface area contributed by atoms with E-state index in [9.17, 15) is 0 Å². The van der Waals surface area contributed by atoms with Crippen LogP contribution in [0.4, 0.5) is 68.2 Å². The van der Waals surface area contributed by atoms with Gasteiger partial charge in [0.2, 0.25) is 0 Å². The average Bonchev–Trinajstić information content (AvgIpc) is 1.50. The number of rotatable bonds is 28. The Morgan fingerprint density at radius 2 is 0.266 bits per heavy atom. The smallest absolute Gasteiger partial charge is 0.162 e. The zero-order chi connectivity index (χ0) is 76.4. The highest BCUT2D eigenvalue weighted by Crippen LogP contribution is 2.66. The minimum atomic E-state index is -1.25. The van der Waals surface area contributed by atoms with Gasteiger partial charge < -0.3 is 95.4 Å². The van der Waals surface area contributed by atoms with Crippen molar-refractivity contribution in [3.8, 4) is 114 Å². The molecular weight excluding hydrogens is 1380 g/mol. The molecule has 0 radical (unpaired) electrons. The van der Waals surface area contributed by atoms with Crippen LogP contribution in [0.3, 0.4) is 0 Å². The van der Waals surface area contributed by atoms with E-state index in [0.717, 1.165) is 113 Å². The molecule has 0 heterocycles. The molecule has 20 heteroatoms. The number of ether oxygens (including phenoxy) is 16. The van der Waals surface area contributed by atoms with Crippen LogP contribution in [0.1, 0.15) is 22.3 Å². The lowest BCUT2D eigenvalue weighted by Crippen LogP contribution is -2.27. The highest BCUT2D eigenvalue weighted by Gasteiger charge is 2.53. The molecule has 12 aromatic carbocycles. The molecule has 0 N–H and O–H groups in total. The van der Waals surface area contributed by atoms with Gasteiger partial charge in [0, 0.05) is 71.3 Å². The molecule has 2 aliphatic carbocycles. The molecule has 12 aromatic rings. The van der Waals surface area contributed by atoms with E-state index in [2.05, 4.69) is 92.4 Å². The van der Waals surface area contributed by atoms with Gasteiger partial charge in [-0.15, -0.1) is 0 Å². The van der Waals surface area contributed by atoms with Crippen molar-refractivity contribution in [3.05, 3.63) is 241 Å². The molecule has 1 spiro atoms. The summed E-state index contributed by atoms with van der Waals surface area (Å²) in [5.74, 6) is 8.68. The third kappa shape index (κ3) is 12.5. The maximum Gasteiger partial charge on any atom is 0.162 e. The van der Waals surface area contributed by atoms with E-state index in [1.54, 1.807) is 114 Å². The lowest BCUT2D eigenvalue weighted by Gasteiger charge is -2.35. The van der Waals surface area contributed by atoms with Crippen LogP contribution in [-0.4, -0.2) is 114 Å². The minimum absolute atomic E-state index is 0.525. The molecule has 0 saturated heterocycles. The maximum absolute atomic E-state index is 6.09.